The summed E-state index contributed by atoms with van der Waals surface area (Å²) in [6.45, 7) is 0. The predicted molar refractivity (Wildman–Crippen MR) is 61.3 cm³/mol. The van der Waals surface area contributed by atoms with Crippen LogP contribution in [0.2, 0.25) is 0 Å². The molecule has 0 spiro atoms. The Balaban J connectivity index is 2.25. The second-order valence-corrected chi connectivity index (χ2v) is 3.94. The second-order valence-electron chi connectivity index (χ2n) is 2.99. The molecule has 0 bridgehead atoms. The molecule has 2 aromatic rings. The van der Waals surface area contributed by atoms with Crippen molar-refractivity contribution in [3.05, 3.63) is 40.5 Å². The van der Waals surface area contributed by atoms with Gasteiger partial charge in [0.05, 0.1) is 4.88 Å². The SMILES string of the molecule is O=C(Nc1nccnc1C(=O)O)c1cccs1. The molecule has 0 aliphatic heterocycles. The van der Waals surface area contributed by atoms with Gasteiger partial charge in [0, 0.05) is 12.4 Å². The zero-order chi connectivity index (χ0) is 12.3. The summed E-state index contributed by atoms with van der Waals surface area (Å²) >= 11 is 1.26. The third kappa shape index (κ3) is 2.45. The normalized spacial score (nSPS) is 9.88. The lowest BCUT2D eigenvalue weighted by Gasteiger charge is -2.04. The van der Waals surface area contributed by atoms with Crippen LogP contribution in [0.1, 0.15) is 20.2 Å². The van der Waals surface area contributed by atoms with E-state index >= 15 is 0 Å². The Morgan fingerprint density at radius 3 is 2.71 bits per heavy atom. The second kappa shape index (κ2) is 4.71. The number of carbonyl (C=O) groups excluding carboxylic acids is 1. The molecule has 7 heteroatoms. The van der Waals surface area contributed by atoms with Gasteiger partial charge in [-0.1, -0.05) is 6.07 Å². The lowest BCUT2D eigenvalue weighted by molar-refractivity contribution is 0.0691. The summed E-state index contributed by atoms with van der Waals surface area (Å²) < 4.78 is 0. The zero-order valence-electron chi connectivity index (χ0n) is 8.45. The Hall–Kier alpha value is -2.28. The average Bonchev–Trinajstić information content (AvgIpc) is 2.83. The van der Waals surface area contributed by atoms with Crippen molar-refractivity contribution in [2.45, 2.75) is 0 Å². The van der Waals surface area contributed by atoms with E-state index in [2.05, 4.69) is 15.3 Å². The molecule has 2 heterocycles. The monoisotopic (exact) mass is 249 g/mol. The first kappa shape index (κ1) is 11.2. The molecule has 0 aliphatic rings. The van der Waals surface area contributed by atoms with Gasteiger partial charge in [-0.05, 0) is 11.4 Å². The molecule has 2 rings (SSSR count). The number of thiophene rings is 1. The highest BCUT2D eigenvalue weighted by Crippen LogP contribution is 2.13. The fourth-order valence-corrected chi connectivity index (χ4v) is 1.78. The molecule has 6 nitrogen and oxygen atoms in total. The van der Waals surface area contributed by atoms with E-state index in [1.165, 1.54) is 23.7 Å². The van der Waals surface area contributed by atoms with Crippen molar-refractivity contribution < 1.29 is 14.7 Å². The van der Waals surface area contributed by atoms with Gasteiger partial charge in [-0.15, -0.1) is 11.3 Å². The van der Waals surface area contributed by atoms with E-state index in [1.54, 1.807) is 17.5 Å². The van der Waals surface area contributed by atoms with Crippen molar-refractivity contribution in [2.75, 3.05) is 5.32 Å². The van der Waals surface area contributed by atoms with Crippen LogP contribution in [0.5, 0.6) is 0 Å². The maximum absolute atomic E-state index is 11.7. The number of amides is 1. The van der Waals surface area contributed by atoms with E-state index in [4.69, 9.17) is 5.11 Å². The van der Waals surface area contributed by atoms with Crippen molar-refractivity contribution in [2.24, 2.45) is 0 Å². The van der Waals surface area contributed by atoms with Crippen molar-refractivity contribution in [1.82, 2.24) is 9.97 Å². The van der Waals surface area contributed by atoms with Crippen LogP contribution in [-0.2, 0) is 0 Å². The van der Waals surface area contributed by atoms with Crippen molar-refractivity contribution in [1.29, 1.82) is 0 Å². The molecule has 0 saturated carbocycles. The fourth-order valence-electron chi connectivity index (χ4n) is 1.16. The van der Waals surface area contributed by atoms with Crippen molar-refractivity contribution in [3.63, 3.8) is 0 Å². The summed E-state index contributed by atoms with van der Waals surface area (Å²) in [6.07, 6.45) is 2.57. The summed E-state index contributed by atoms with van der Waals surface area (Å²) in [5, 5.41) is 13.0. The lowest BCUT2D eigenvalue weighted by atomic mass is 10.4. The van der Waals surface area contributed by atoms with Gasteiger partial charge >= 0.3 is 5.97 Å². The van der Waals surface area contributed by atoms with Crippen LogP contribution in [-0.4, -0.2) is 27.0 Å². The molecule has 86 valence electrons. The van der Waals surface area contributed by atoms with Gasteiger partial charge in [0.15, 0.2) is 11.5 Å². The molecule has 0 radical (unpaired) electrons. The van der Waals surface area contributed by atoms with Gasteiger partial charge in [-0.3, -0.25) is 4.79 Å². The molecule has 0 unspecified atom stereocenters. The molecule has 1 amide bonds. The summed E-state index contributed by atoms with van der Waals surface area (Å²) in [4.78, 5) is 30.4. The molecular formula is C10H7N3O3S. The minimum absolute atomic E-state index is 0.0570. The number of nitrogens with zero attached hydrogens (tertiary/aromatic N) is 2. The Labute approximate surface area is 100.0 Å². The number of hydrogen-bond acceptors (Lipinski definition) is 5. The molecule has 0 fully saturated rings. The first-order chi connectivity index (χ1) is 8.18. The van der Waals surface area contributed by atoms with E-state index in [9.17, 15) is 9.59 Å². The highest BCUT2D eigenvalue weighted by atomic mass is 32.1. The van der Waals surface area contributed by atoms with Crippen LogP contribution in [0.25, 0.3) is 0 Å². The summed E-state index contributed by atoms with van der Waals surface area (Å²) in [5.74, 6) is -1.69. The number of nitrogens with one attached hydrogen (secondary N) is 1. The lowest BCUT2D eigenvalue weighted by Crippen LogP contribution is -2.16. The number of carbonyl (C=O) groups is 2. The number of carboxylic acids is 1. The number of aromatic nitrogens is 2. The Kier molecular flexibility index (Phi) is 3.10. The molecule has 2 N–H and O–H groups in total. The molecular weight excluding hydrogens is 242 g/mol. The molecule has 0 aliphatic carbocycles. The molecule has 0 aromatic carbocycles. The van der Waals surface area contributed by atoms with E-state index in [-0.39, 0.29) is 11.5 Å². The zero-order valence-corrected chi connectivity index (χ0v) is 9.27. The number of carboxylic acid groups (broad SMARTS) is 1. The van der Waals surface area contributed by atoms with Crippen molar-refractivity contribution >= 4 is 29.0 Å². The van der Waals surface area contributed by atoms with Gasteiger partial charge in [-0.25, -0.2) is 14.8 Å². The first-order valence-electron chi connectivity index (χ1n) is 4.57. The number of rotatable bonds is 3. The van der Waals surface area contributed by atoms with Gasteiger partial charge in [0.25, 0.3) is 5.91 Å². The van der Waals surface area contributed by atoms with Crippen LogP contribution in [0, 0.1) is 0 Å². The number of hydrogen-bond donors (Lipinski definition) is 2. The maximum Gasteiger partial charge on any atom is 0.358 e. The van der Waals surface area contributed by atoms with Gasteiger partial charge in [-0.2, -0.15) is 0 Å². The largest absolute Gasteiger partial charge is 0.476 e. The van der Waals surface area contributed by atoms with Crippen LogP contribution in [0.4, 0.5) is 5.82 Å². The Morgan fingerprint density at radius 1 is 1.29 bits per heavy atom. The summed E-state index contributed by atoms with van der Waals surface area (Å²) in [6, 6.07) is 3.37. The quantitative estimate of drug-likeness (QED) is 0.859. The Morgan fingerprint density at radius 2 is 2.06 bits per heavy atom. The first-order valence-corrected chi connectivity index (χ1v) is 5.45. The summed E-state index contributed by atoms with van der Waals surface area (Å²) in [5.41, 5.74) is -0.280. The highest BCUT2D eigenvalue weighted by Gasteiger charge is 2.16. The van der Waals surface area contributed by atoms with Crippen LogP contribution < -0.4 is 5.32 Å². The number of aromatic carboxylic acids is 1. The van der Waals surface area contributed by atoms with E-state index in [0.29, 0.717) is 4.88 Å². The minimum Gasteiger partial charge on any atom is -0.476 e. The number of anilines is 1. The van der Waals surface area contributed by atoms with Gasteiger partial charge in [0.2, 0.25) is 0 Å². The van der Waals surface area contributed by atoms with Gasteiger partial charge < -0.3 is 10.4 Å². The van der Waals surface area contributed by atoms with Gasteiger partial charge in [0.1, 0.15) is 0 Å². The smallest absolute Gasteiger partial charge is 0.358 e. The summed E-state index contributed by atoms with van der Waals surface area (Å²) in [7, 11) is 0. The molecule has 0 saturated heterocycles. The molecule has 0 atom stereocenters. The maximum atomic E-state index is 11.7. The Bertz CT molecular complexity index is 554. The van der Waals surface area contributed by atoms with Crippen LogP contribution in [0.15, 0.2) is 29.9 Å². The standard InChI is InChI=1S/C10H7N3O3S/c14-9(6-2-1-5-17-6)13-8-7(10(15)16)11-3-4-12-8/h1-5H,(H,15,16)(H,12,13,14). The van der Waals surface area contributed by atoms with Crippen molar-refractivity contribution in [3.8, 4) is 0 Å². The van der Waals surface area contributed by atoms with Crippen LogP contribution >= 0.6 is 11.3 Å². The highest BCUT2D eigenvalue weighted by molar-refractivity contribution is 7.12. The molecule has 17 heavy (non-hydrogen) atoms. The van der Waals surface area contributed by atoms with Crippen LogP contribution in [0.3, 0.4) is 0 Å². The third-order valence-corrected chi connectivity index (χ3v) is 2.75. The minimum atomic E-state index is -1.24. The topological polar surface area (TPSA) is 92.2 Å². The molecule has 2 aromatic heterocycles. The predicted octanol–water partition coefficient (Wildman–Crippen LogP) is 1.49. The van der Waals surface area contributed by atoms with E-state index in [1.807, 2.05) is 0 Å². The van der Waals surface area contributed by atoms with E-state index in [0.717, 1.165) is 0 Å². The fraction of sp³-hybridized carbons (Fsp3) is 0. The third-order valence-electron chi connectivity index (χ3n) is 1.88. The van der Waals surface area contributed by atoms with E-state index < -0.39 is 11.9 Å². The average molecular weight is 249 g/mol.